The summed E-state index contributed by atoms with van der Waals surface area (Å²) in [5.74, 6) is 1.17. The Morgan fingerprint density at radius 2 is 2.00 bits per heavy atom. The van der Waals surface area contributed by atoms with Crippen molar-refractivity contribution in [2.24, 2.45) is 0 Å². The fourth-order valence-electron chi connectivity index (χ4n) is 3.62. The monoisotopic (exact) mass is 400 g/mol. The standard InChI is InChI=1S/C20H24N4OS2/c1-3-5-16-14(4-2)12-17(27-16)20(25)24-9-7-23(8-10-24)18-15-6-11-26-19(15)22-13-21-18/h6,11-13H,3-5,7-10H2,1-2H3. The zero-order valence-corrected chi connectivity index (χ0v) is 17.4. The van der Waals surface area contributed by atoms with Gasteiger partial charge in [-0.15, -0.1) is 22.7 Å². The molecule has 1 saturated heterocycles. The molecule has 0 aromatic carbocycles. The largest absolute Gasteiger partial charge is 0.352 e. The van der Waals surface area contributed by atoms with Crippen LogP contribution in [0.5, 0.6) is 0 Å². The topological polar surface area (TPSA) is 49.3 Å². The summed E-state index contributed by atoms with van der Waals surface area (Å²) in [6.07, 6.45) is 4.82. The van der Waals surface area contributed by atoms with Crippen molar-refractivity contribution >= 4 is 44.6 Å². The normalized spacial score (nSPS) is 14.9. The van der Waals surface area contributed by atoms with Crippen LogP contribution in [0.15, 0.2) is 23.8 Å². The lowest BCUT2D eigenvalue weighted by Gasteiger charge is -2.35. The second-order valence-electron chi connectivity index (χ2n) is 6.78. The Labute approximate surface area is 167 Å². The van der Waals surface area contributed by atoms with Crippen molar-refractivity contribution in [3.8, 4) is 0 Å². The van der Waals surface area contributed by atoms with Crippen molar-refractivity contribution in [3.05, 3.63) is 39.2 Å². The van der Waals surface area contributed by atoms with Gasteiger partial charge in [-0.3, -0.25) is 4.79 Å². The van der Waals surface area contributed by atoms with Gasteiger partial charge in [-0.1, -0.05) is 20.3 Å². The van der Waals surface area contributed by atoms with Crippen molar-refractivity contribution in [2.45, 2.75) is 33.1 Å². The molecular formula is C20H24N4OS2. The molecule has 0 radical (unpaired) electrons. The number of fused-ring (bicyclic) bond motifs is 1. The van der Waals surface area contributed by atoms with Gasteiger partial charge in [-0.25, -0.2) is 9.97 Å². The van der Waals surface area contributed by atoms with Gasteiger partial charge in [0.2, 0.25) is 0 Å². The molecule has 0 unspecified atom stereocenters. The molecule has 1 aliphatic rings. The minimum absolute atomic E-state index is 0.181. The Bertz CT molecular complexity index is 941. The molecule has 3 aromatic rings. The number of carbonyl (C=O) groups is 1. The molecule has 0 spiro atoms. The maximum Gasteiger partial charge on any atom is 0.264 e. The van der Waals surface area contributed by atoms with Crippen molar-refractivity contribution in [1.82, 2.24) is 14.9 Å². The first kappa shape index (κ1) is 18.4. The molecule has 3 aromatic heterocycles. The van der Waals surface area contributed by atoms with Crippen LogP contribution in [0.4, 0.5) is 5.82 Å². The Hall–Kier alpha value is -1.99. The summed E-state index contributed by atoms with van der Waals surface area (Å²) in [6.45, 7) is 7.44. The van der Waals surface area contributed by atoms with Crippen LogP contribution in [0.1, 0.15) is 40.4 Å². The highest BCUT2D eigenvalue weighted by Crippen LogP contribution is 2.29. The van der Waals surface area contributed by atoms with Gasteiger partial charge < -0.3 is 9.80 Å². The van der Waals surface area contributed by atoms with Crippen LogP contribution in [0.25, 0.3) is 10.2 Å². The van der Waals surface area contributed by atoms with Gasteiger partial charge in [-0.05, 0) is 35.9 Å². The van der Waals surface area contributed by atoms with E-state index >= 15 is 0 Å². The van der Waals surface area contributed by atoms with Gasteiger partial charge in [0.25, 0.3) is 5.91 Å². The lowest BCUT2D eigenvalue weighted by Crippen LogP contribution is -2.49. The molecule has 0 N–H and O–H groups in total. The van der Waals surface area contributed by atoms with Crippen molar-refractivity contribution in [1.29, 1.82) is 0 Å². The predicted octanol–water partition coefficient (Wildman–Crippen LogP) is 4.23. The van der Waals surface area contributed by atoms with E-state index < -0.39 is 0 Å². The zero-order chi connectivity index (χ0) is 18.8. The molecule has 4 heterocycles. The quantitative estimate of drug-likeness (QED) is 0.643. The van der Waals surface area contributed by atoms with E-state index in [-0.39, 0.29) is 5.91 Å². The molecule has 0 saturated carbocycles. The number of piperazine rings is 1. The minimum atomic E-state index is 0.181. The highest BCUT2D eigenvalue weighted by molar-refractivity contribution is 7.16. The number of carbonyl (C=O) groups excluding carboxylic acids is 1. The Morgan fingerprint density at radius 1 is 1.19 bits per heavy atom. The number of amides is 1. The van der Waals surface area contributed by atoms with Crippen LogP contribution in [0.3, 0.4) is 0 Å². The molecule has 5 nitrogen and oxygen atoms in total. The fourth-order valence-corrected chi connectivity index (χ4v) is 5.67. The van der Waals surface area contributed by atoms with Crippen molar-refractivity contribution < 1.29 is 4.79 Å². The average molecular weight is 401 g/mol. The highest BCUT2D eigenvalue weighted by atomic mass is 32.1. The Kier molecular flexibility index (Phi) is 5.41. The molecule has 0 atom stereocenters. The summed E-state index contributed by atoms with van der Waals surface area (Å²) in [6, 6.07) is 4.20. The number of nitrogens with zero attached hydrogens (tertiary/aromatic N) is 4. The van der Waals surface area contributed by atoms with E-state index in [4.69, 9.17) is 0 Å². The van der Waals surface area contributed by atoms with E-state index in [0.717, 1.165) is 66.4 Å². The third-order valence-electron chi connectivity index (χ3n) is 5.07. The van der Waals surface area contributed by atoms with Crippen LogP contribution in [0.2, 0.25) is 0 Å². The number of hydrogen-bond donors (Lipinski definition) is 0. The maximum absolute atomic E-state index is 13.0. The smallest absolute Gasteiger partial charge is 0.264 e. The number of rotatable bonds is 5. The first-order valence-corrected chi connectivity index (χ1v) is 11.2. The summed E-state index contributed by atoms with van der Waals surface area (Å²) in [4.78, 5) is 29.4. The summed E-state index contributed by atoms with van der Waals surface area (Å²) < 4.78 is 0. The van der Waals surface area contributed by atoms with Gasteiger partial charge in [0, 0.05) is 31.1 Å². The SMILES string of the molecule is CCCc1sc(C(=O)N2CCN(c3ncnc4sccc34)CC2)cc1CC. The van der Waals surface area contributed by atoms with E-state index in [1.807, 2.05) is 4.90 Å². The van der Waals surface area contributed by atoms with Gasteiger partial charge in [0.05, 0.1) is 10.3 Å². The zero-order valence-electron chi connectivity index (χ0n) is 15.8. The molecular weight excluding hydrogens is 376 g/mol. The van der Waals surface area contributed by atoms with Gasteiger partial charge >= 0.3 is 0 Å². The first-order valence-electron chi connectivity index (χ1n) is 9.55. The van der Waals surface area contributed by atoms with Gasteiger partial charge in [0.15, 0.2) is 0 Å². The van der Waals surface area contributed by atoms with E-state index in [2.05, 4.69) is 46.2 Å². The predicted molar refractivity (Wildman–Crippen MR) is 113 cm³/mol. The molecule has 27 heavy (non-hydrogen) atoms. The third-order valence-corrected chi connectivity index (χ3v) is 7.12. The van der Waals surface area contributed by atoms with E-state index in [1.165, 1.54) is 10.4 Å². The van der Waals surface area contributed by atoms with Crippen LogP contribution in [-0.2, 0) is 12.8 Å². The molecule has 1 fully saturated rings. The fraction of sp³-hybridized carbons (Fsp3) is 0.450. The minimum Gasteiger partial charge on any atom is -0.352 e. The average Bonchev–Trinajstić information content (AvgIpc) is 3.34. The number of anilines is 1. The van der Waals surface area contributed by atoms with Gasteiger partial charge in [0.1, 0.15) is 17.0 Å². The van der Waals surface area contributed by atoms with Crippen LogP contribution >= 0.6 is 22.7 Å². The van der Waals surface area contributed by atoms with Crippen LogP contribution < -0.4 is 4.90 Å². The third kappa shape index (κ3) is 3.58. The van der Waals surface area contributed by atoms with Crippen LogP contribution in [-0.4, -0.2) is 47.0 Å². The highest BCUT2D eigenvalue weighted by Gasteiger charge is 2.25. The number of aryl methyl sites for hydroxylation is 2. The maximum atomic E-state index is 13.0. The lowest BCUT2D eigenvalue weighted by atomic mass is 10.1. The number of aromatic nitrogens is 2. The summed E-state index contributed by atoms with van der Waals surface area (Å²) in [5, 5.41) is 3.16. The second kappa shape index (κ2) is 7.94. The van der Waals surface area contributed by atoms with E-state index in [0.29, 0.717) is 0 Å². The molecule has 4 rings (SSSR count). The molecule has 0 bridgehead atoms. The van der Waals surface area contributed by atoms with E-state index in [9.17, 15) is 4.79 Å². The summed E-state index contributed by atoms with van der Waals surface area (Å²) in [7, 11) is 0. The molecule has 142 valence electrons. The molecule has 1 amide bonds. The second-order valence-corrected chi connectivity index (χ2v) is 8.81. The van der Waals surface area contributed by atoms with Crippen molar-refractivity contribution in [2.75, 3.05) is 31.1 Å². The summed E-state index contributed by atoms with van der Waals surface area (Å²) >= 11 is 3.32. The molecule has 1 aliphatic heterocycles. The Morgan fingerprint density at radius 3 is 2.74 bits per heavy atom. The van der Waals surface area contributed by atoms with E-state index in [1.54, 1.807) is 29.0 Å². The first-order chi connectivity index (χ1) is 13.2. The van der Waals surface area contributed by atoms with Crippen LogP contribution in [0, 0.1) is 0 Å². The Balaban J connectivity index is 1.46. The van der Waals surface area contributed by atoms with Gasteiger partial charge in [-0.2, -0.15) is 0 Å². The summed E-state index contributed by atoms with van der Waals surface area (Å²) in [5.41, 5.74) is 1.34. The number of hydrogen-bond acceptors (Lipinski definition) is 6. The lowest BCUT2D eigenvalue weighted by molar-refractivity contribution is 0.0751. The molecule has 0 aliphatic carbocycles. The van der Waals surface area contributed by atoms with Crippen molar-refractivity contribution in [3.63, 3.8) is 0 Å². The number of thiophene rings is 2. The molecule has 7 heteroatoms.